The number of aliphatic hydroxyl groups excluding tert-OH is 7. The van der Waals surface area contributed by atoms with Crippen molar-refractivity contribution < 1.29 is 50.0 Å². The molecule has 0 spiro atoms. The van der Waals surface area contributed by atoms with Gasteiger partial charge in [0, 0.05) is 0 Å². The molecule has 1 aliphatic heterocycles. The second kappa shape index (κ2) is 37.6. The standard InChI is InChI=1S/C47H91NO10/c1-3-5-7-9-11-13-15-17-18-19-20-21-22-23-25-27-29-31-33-35-40(51)46(56)48-38(37-57-47-45(55)44(54)43(53)41(36-49)58-47)42(52)39(50)34-32-30-28-26-24-16-14-12-10-8-6-4-2/h16,24,38-45,47,49-55H,3-15,17-23,25-37H2,1-2H3,(H,48,56). The Labute approximate surface area is 353 Å². The van der Waals surface area contributed by atoms with E-state index in [1.807, 2.05) is 0 Å². The molecule has 0 aromatic heterocycles. The van der Waals surface area contributed by atoms with Crippen LogP contribution in [0.3, 0.4) is 0 Å². The minimum absolute atomic E-state index is 0.261. The molecule has 0 bridgehead atoms. The van der Waals surface area contributed by atoms with Crippen molar-refractivity contribution in [3.63, 3.8) is 0 Å². The Kier molecular flexibility index (Phi) is 35.6. The zero-order chi connectivity index (χ0) is 42.6. The molecule has 1 amide bonds. The second-order valence-corrected chi connectivity index (χ2v) is 17.2. The highest BCUT2D eigenvalue weighted by Gasteiger charge is 2.44. The zero-order valence-electron chi connectivity index (χ0n) is 37.0. The third-order valence-electron chi connectivity index (χ3n) is 11.8. The van der Waals surface area contributed by atoms with Gasteiger partial charge in [-0.15, -0.1) is 0 Å². The first-order valence-electron chi connectivity index (χ1n) is 24.1. The first-order valence-corrected chi connectivity index (χ1v) is 24.1. The van der Waals surface area contributed by atoms with Crippen molar-refractivity contribution in [2.75, 3.05) is 13.2 Å². The number of hydrogen-bond donors (Lipinski definition) is 8. The number of unbranched alkanes of at least 4 members (excludes halogenated alkanes) is 26. The van der Waals surface area contributed by atoms with Gasteiger partial charge in [-0.05, 0) is 38.5 Å². The highest BCUT2D eigenvalue weighted by atomic mass is 16.7. The van der Waals surface area contributed by atoms with Crippen LogP contribution in [0.4, 0.5) is 0 Å². The fourth-order valence-corrected chi connectivity index (χ4v) is 7.79. The normalized spacial score (nSPS) is 22.0. The molecule has 1 saturated heterocycles. The molecular formula is C47H91NO10. The van der Waals surface area contributed by atoms with Gasteiger partial charge in [-0.3, -0.25) is 4.79 Å². The van der Waals surface area contributed by atoms with E-state index < -0.39 is 74.2 Å². The molecule has 9 unspecified atom stereocenters. The summed E-state index contributed by atoms with van der Waals surface area (Å²) in [5, 5.41) is 75.6. The molecule has 0 aromatic carbocycles. The number of allylic oxidation sites excluding steroid dienone is 2. The molecule has 344 valence electrons. The quantitative estimate of drug-likeness (QED) is 0.0222. The average Bonchev–Trinajstić information content (AvgIpc) is 3.22. The van der Waals surface area contributed by atoms with E-state index in [2.05, 4.69) is 31.3 Å². The SMILES string of the molecule is CCCCCCCC=CCCCCCC(O)C(O)C(COC1OC(CO)C(O)C(O)C1O)NC(=O)C(O)CCCCCCCCCCCCCCCCCCCCC. The van der Waals surface area contributed by atoms with E-state index in [9.17, 15) is 40.5 Å². The van der Waals surface area contributed by atoms with Crippen molar-refractivity contribution in [2.45, 2.75) is 268 Å². The summed E-state index contributed by atoms with van der Waals surface area (Å²) in [5.74, 6) is -0.701. The van der Waals surface area contributed by atoms with Gasteiger partial charge in [0.1, 0.15) is 36.6 Å². The number of nitrogens with one attached hydrogen (secondary N) is 1. The van der Waals surface area contributed by atoms with Crippen molar-refractivity contribution in [1.82, 2.24) is 5.32 Å². The van der Waals surface area contributed by atoms with E-state index in [1.54, 1.807) is 0 Å². The Morgan fingerprint density at radius 3 is 1.47 bits per heavy atom. The highest BCUT2D eigenvalue weighted by molar-refractivity contribution is 5.80. The zero-order valence-corrected chi connectivity index (χ0v) is 37.0. The second-order valence-electron chi connectivity index (χ2n) is 17.2. The van der Waals surface area contributed by atoms with Crippen LogP contribution >= 0.6 is 0 Å². The summed E-state index contributed by atoms with van der Waals surface area (Å²) in [6, 6.07) is -1.17. The van der Waals surface area contributed by atoms with E-state index in [0.29, 0.717) is 12.8 Å². The van der Waals surface area contributed by atoms with Crippen LogP contribution in [0, 0.1) is 0 Å². The van der Waals surface area contributed by atoms with Gasteiger partial charge in [0.25, 0.3) is 0 Å². The molecule has 11 nitrogen and oxygen atoms in total. The summed E-state index contributed by atoms with van der Waals surface area (Å²) >= 11 is 0. The molecule has 0 radical (unpaired) electrons. The minimum atomic E-state index is -1.66. The van der Waals surface area contributed by atoms with Crippen LogP contribution in [0.1, 0.15) is 213 Å². The smallest absolute Gasteiger partial charge is 0.249 e. The van der Waals surface area contributed by atoms with Gasteiger partial charge < -0.3 is 50.5 Å². The van der Waals surface area contributed by atoms with Gasteiger partial charge in [-0.25, -0.2) is 0 Å². The topological polar surface area (TPSA) is 189 Å². The van der Waals surface area contributed by atoms with Crippen molar-refractivity contribution in [1.29, 1.82) is 0 Å². The van der Waals surface area contributed by atoms with Crippen LogP contribution in [-0.4, -0.2) is 110 Å². The van der Waals surface area contributed by atoms with Crippen LogP contribution < -0.4 is 5.32 Å². The summed E-state index contributed by atoms with van der Waals surface area (Å²) in [7, 11) is 0. The molecule has 1 rings (SSSR count). The van der Waals surface area contributed by atoms with Gasteiger partial charge in [0.2, 0.25) is 5.91 Å². The van der Waals surface area contributed by atoms with Crippen LogP contribution in [0.25, 0.3) is 0 Å². The number of carbonyl (C=O) groups excluding carboxylic acids is 1. The highest BCUT2D eigenvalue weighted by Crippen LogP contribution is 2.23. The summed E-state index contributed by atoms with van der Waals surface area (Å²) in [6.07, 6.45) is 28.3. The predicted molar refractivity (Wildman–Crippen MR) is 233 cm³/mol. The Bertz CT molecular complexity index is 954. The van der Waals surface area contributed by atoms with E-state index in [1.165, 1.54) is 128 Å². The average molecular weight is 830 g/mol. The van der Waals surface area contributed by atoms with Crippen LogP contribution in [0.5, 0.6) is 0 Å². The Morgan fingerprint density at radius 2 is 1.00 bits per heavy atom. The van der Waals surface area contributed by atoms with E-state index in [-0.39, 0.29) is 12.8 Å². The minimum Gasteiger partial charge on any atom is -0.394 e. The fourth-order valence-electron chi connectivity index (χ4n) is 7.79. The Hall–Kier alpha value is -1.15. The third kappa shape index (κ3) is 26.9. The van der Waals surface area contributed by atoms with Crippen LogP contribution in [0.15, 0.2) is 12.2 Å². The molecule has 0 aliphatic carbocycles. The molecule has 0 saturated carbocycles. The molecule has 1 aliphatic rings. The number of hydrogen-bond acceptors (Lipinski definition) is 10. The van der Waals surface area contributed by atoms with Crippen molar-refractivity contribution in [3.05, 3.63) is 12.2 Å². The molecule has 8 N–H and O–H groups in total. The lowest BCUT2D eigenvalue weighted by Gasteiger charge is -2.40. The monoisotopic (exact) mass is 830 g/mol. The van der Waals surface area contributed by atoms with Crippen molar-refractivity contribution in [2.24, 2.45) is 0 Å². The number of rotatable bonds is 40. The number of aliphatic hydroxyl groups is 7. The predicted octanol–water partition coefficient (Wildman–Crippen LogP) is 8.06. The maximum absolute atomic E-state index is 13.1. The Balaban J connectivity index is 2.41. The lowest BCUT2D eigenvalue weighted by atomic mass is 9.98. The van der Waals surface area contributed by atoms with Gasteiger partial charge in [0.05, 0.1) is 25.4 Å². The van der Waals surface area contributed by atoms with E-state index >= 15 is 0 Å². The number of ether oxygens (including phenoxy) is 2. The molecule has 9 atom stereocenters. The van der Waals surface area contributed by atoms with Gasteiger partial charge in [-0.2, -0.15) is 0 Å². The molecule has 1 fully saturated rings. The van der Waals surface area contributed by atoms with E-state index in [0.717, 1.165) is 44.9 Å². The lowest BCUT2D eigenvalue weighted by molar-refractivity contribution is -0.303. The summed E-state index contributed by atoms with van der Waals surface area (Å²) in [6.45, 7) is 3.42. The molecule has 11 heteroatoms. The molecule has 0 aromatic rings. The molecule has 1 heterocycles. The fraction of sp³-hybridized carbons (Fsp3) is 0.936. The number of amides is 1. The largest absolute Gasteiger partial charge is 0.394 e. The van der Waals surface area contributed by atoms with Gasteiger partial charge in [0.15, 0.2) is 6.29 Å². The van der Waals surface area contributed by atoms with Crippen molar-refractivity contribution in [3.8, 4) is 0 Å². The summed E-state index contributed by atoms with van der Waals surface area (Å²) < 4.78 is 11.1. The third-order valence-corrected chi connectivity index (χ3v) is 11.8. The summed E-state index contributed by atoms with van der Waals surface area (Å²) in [5.41, 5.74) is 0. The molecular weight excluding hydrogens is 739 g/mol. The van der Waals surface area contributed by atoms with Crippen LogP contribution in [-0.2, 0) is 14.3 Å². The maximum atomic E-state index is 13.1. The van der Waals surface area contributed by atoms with Gasteiger partial charge >= 0.3 is 0 Å². The maximum Gasteiger partial charge on any atom is 0.249 e. The molecule has 58 heavy (non-hydrogen) atoms. The Morgan fingerprint density at radius 1 is 0.586 bits per heavy atom. The number of carbonyl (C=O) groups is 1. The van der Waals surface area contributed by atoms with Crippen LogP contribution in [0.2, 0.25) is 0 Å². The summed E-state index contributed by atoms with van der Waals surface area (Å²) in [4.78, 5) is 13.1. The van der Waals surface area contributed by atoms with Gasteiger partial charge in [-0.1, -0.05) is 187 Å². The first-order chi connectivity index (χ1) is 28.2. The lowest BCUT2D eigenvalue weighted by Crippen LogP contribution is -2.60. The van der Waals surface area contributed by atoms with E-state index in [4.69, 9.17) is 9.47 Å². The first kappa shape index (κ1) is 54.9. The van der Waals surface area contributed by atoms with Crippen molar-refractivity contribution >= 4 is 5.91 Å².